The Kier molecular flexibility index (Phi) is 14.6. The number of hydrogen-bond acceptors (Lipinski definition) is 12. The van der Waals surface area contributed by atoms with Crippen LogP contribution in [0.15, 0.2) is 127 Å². The minimum absolute atomic E-state index is 0.00307. The van der Waals surface area contributed by atoms with Crippen molar-refractivity contribution in [3.8, 4) is 28.7 Å². The van der Waals surface area contributed by atoms with E-state index in [1.54, 1.807) is 61.7 Å². The maximum atomic E-state index is 13.7. The van der Waals surface area contributed by atoms with Crippen LogP contribution in [0.5, 0.6) is 28.7 Å². The summed E-state index contributed by atoms with van der Waals surface area (Å²) in [4.78, 5) is 82.2. The largest absolute Gasteiger partial charge is 0.508 e. The van der Waals surface area contributed by atoms with Crippen molar-refractivity contribution in [2.24, 2.45) is 0 Å². The number of aromatic carboxylic acids is 1. The molecule has 5 aromatic carbocycles. The Labute approximate surface area is 376 Å². The zero-order valence-corrected chi connectivity index (χ0v) is 35.4. The number of carboxylic acids is 1. The monoisotopic (exact) mass is 894 g/mol. The second-order valence-electron chi connectivity index (χ2n) is 14.4. The van der Waals surface area contributed by atoms with Gasteiger partial charge in [-0.05, 0) is 116 Å². The van der Waals surface area contributed by atoms with Crippen LogP contribution in [-0.2, 0) is 16.0 Å². The summed E-state index contributed by atoms with van der Waals surface area (Å²) in [5, 5.41) is 53.4. The smallest absolute Gasteiger partial charge is 0.339 e. The summed E-state index contributed by atoms with van der Waals surface area (Å²) in [6, 6.07) is 27.1. The van der Waals surface area contributed by atoms with Gasteiger partial charge in [-0.15, -0.1) is 0 Å². The van der Waals surface area contributed by atoms with Gasteiger partial charge < -0.3 is 56.5 Å². The lowest BCUT2D eigenvalue weighted by molar-refractivity contribution is -0.118. The molecule has 0 saturated heterocycles. The number of aromatic hydroxyl groups is 3. The Hall–Kier alpha value is -9.19. The van der Waals surface area contributed by atoms with Crippen LogP contribution in [0.25, 0.3) is 6.08 Å². The fourth-order valence-electron chi connectivity index (χ4n) is 6.43. The first-order valence-corrected chi connectivity index (χ1v) is 19.8. The minimum atomic E-state index is -1.42. The van der Waals surface area contributed by atoms with Crippen LogP contribution >= 0.6 is 0 Å². The van der Waals surface area contributed by atoms with Gasteiger partial charge in [0, 0.05) is 46.4 Å². The van der Waals surface area contributed by atoms with Crippen molar-refractivity contribution in [2.75, 3.05) is 35.5 Å². The molecule has 0 fully saturated rings. The summed E-state index contributed by atoms with van der Waals surface area (Å²) >= 11 is 0. The molecule has 0 saturated carbocycles. The fourth-order valence-corrected chi connectivity index (χ4v) is 6.43. The summed E-state index contributed by atoms with van der Waals surface area (Å²) in [7, 11) is 2.37. The Balaban J connectivity index is 1.09. The number of anilines is 4. The number of carbonyl (C=O) groups is 6. The van der Waals surface area contributed by atoms with E-state index >= 15 is 0 Å². The molecule has 0 unspecified atom stereocenters. The van der Waals surface area contributed by atoms with E-state index in [9.17, 15) is 49.2 Å². The van der Waals surface area contributed by atoms with Gasteiger partial charge >= 0.3 is 5.97 Å². The lowest BCUT2D eigenvalue weighted by Gasteiger charge is -2.19. The highest BCUT2D eigenvalue weighted by atomic mass is 16.5. The van der Waals surface area contributed by atoms with E-state index in [4.69, 9.17) is 9.47 Å². The highest BCUT2D eigenvalue weighted by Crippen LogP contribution is 2.40. The van der Waals surface area contributed by atoms with Gasteiger partial charge in [0.05, 0.1) is 31.2 Å². The van der Waals surface area contributed by atoms with E-state index in [1.165, 1.54) is 80.9 Å². The second-order valence-corrected chi connectivity index (χ2v) is 14.4. The average Bonchev–Trinajstić information content (AvgIpc) is 3.30. The van der Waals surface area contributed by atoms with E-state index in [1.807, 2.05) is 0 Å². The second kappa shape index (κ2) is 20.8. The first kappa shape index (κ1) is 46.3. The Morgan fingerprint density at radius 2 is 1.17 bits per heavy atom. The number of nitrogens with one attached hydrogen (secondary N) is 5. The zero-order chi connectivity index (χ0) is 47.5. The van der Waals surface area contributed by atoms with Crippen molar-refractivity contribution < 1.29 is 58.7 Å². The molecule has 1 heterocycles. The summed E-state index contributed by atoms with van der Waals surface area (Å²) in [6.45, 7) is 1.64. The van der Waals surface area contributed by atoms with Crippen LogP contribution in [0, 0.1) is 0 Å². The van der Waals surface area contributed by atoms with E-state index in [-0.39, 0.29) is 57.6 Å². The van der Waals surface area contributed by atoms with Crippen molar-refractivity contribution >= 4 is 64.3 Å². The number of carboxylic acid groups (broad SMARTS) is 1. The molecule has 18 nitrogen and oxygen atoms in total. The summed E-state index contributed by atoms with van der Waals surface area (Å²) in [6.07, 6.45) is 3.26. The summed E-state index contributed by atoms with van der Waals surface area (Å²) in [5.74, 6) is -6.30. The molecule has 66 heavy (non-hydrogen) atoms. The molecule has 0 radical (unpaired) electrons. The zero-order valence-electron chi connectivity index (χ0n) is 35.4. The molecular weight excluding hydrogens is 853 g/mol. The van der Waals surface area contributed by atoms with E-state index in [0.717, 1.165) is 11.6 Å². The summed E-state index contributed by atoms with van der Waals surface area (Å²) in [5.41, 5.74) is 1.89. The molecule has 5 amide bonds. The third-order valence-corrected chi connectivity index (χ3v) is 9.86. The quantitative estimate of drug-likeness (QED) is 0.0474. The number of nitrogens with zero attached hydrogens (tertiary/aromatic N) is 1. The predicted octanol–water partition coefficient (Wildman–Crippen LogP) is 6.44. The predicted molar refractivity (Wildman–Crippen MR) is 243 cm³/mol. The number of ether oxygens (including phenoxy) is 2. The molecule has 9 N–H and O–H groups in total. The highest BCUT2D eigenvalue weighted by molar-refractivity contribution is 6.11. The van der Waals surface area contributed by atoms with Gasteiger partial charge in [-0.3, -0.25) is 29.0 Å². The van der Waals surface area contributed by atoms with Gasteiger partial charge in [-0.1, -0.05) is 18.2 Å². The van der Waals surface area contributed by atoms with E-state index in [0.29, 0.717) is 22.6 Å². The number of phenolic OH excluding ortho intramolecular Hbond substituents is 2. The van der Waals surface area contributed by atoms with Crippen molar-refractivity contribution in [1.82, 2.24) is 10.3 Å². The molecule has 336 valence electrons. The number of rotatable bonds is 16. The first-order chi connectivity index (χ1) is 31.6. The number of carbonyl (C=O) groups excluding carboxylic acids is 5. The van der Waals surface area contributed by atoms with Gasteiger partial charge in [-0.2, -0.15) is 0 Å². The molecule has 0 aliphatic heterocycles. The SMILES string of the molecule is COc1c(NC(=O)c2ccc(NC(=O)c3ccc(NC(=O)[C@H](Cc4ccccn4)NC(=O)c4ccc(NC(=O)/C(C)=C/c5ccc(O)cc5)cc4)cc3)c(OC)c2O)ccc(C(=O)O)c1O. The third-order valence-electron chi connectivity index (χ3n) is 9.86. The van der Waals surface area contributed by atoms with Crippen LogP contribution in [0.2, 0.25) is 0 Å². The lowest BCUT2D eigenvalue weighted by atomic mass is 10.1. The number of amides is 5. The number of benzene rings is 5. The van der Waals surface area contributed by atoms with Gasteiger partial charge in [0.15, 0.2) is 23.0 Å². The molecular formula is C48H42N6O12. The topological polar surface area (TPSA) is 275 Å². The maximum Gasteiger partial charge on any atom is 0.339 e. The molecule has 1 aromatic heterocycles. The van der Waals surface area contributed by atoms with Crippen molar-refractivity contribution in [3.05, 3.63) is 161 Å². The number of methoxy groups -OCH3 is 2. The highest BCUT2D eigenvalue weighted by Gasteiger charge is 2.25. The number of pyridine rings is 1. The molecule has 0 bridgehead atoms. The van der Waals surface area contributed by atoms with Gasteiger partial charge in [-0.25, -0.2) is 4.79 Å². The first-order valence-electron chi connectivity index (χ1n) is 19.8. The third kappa shape index (κ3) is 11.2. The molecule has 18 heteroatoms. The molecule has 6 aromatic rings. The van der Waals surface area contributed by atoms with Crippen LogP contribution in [0.3, 0.4) is 0 Å². The number of hydrogen-bond donors (Lipinski definition) is 9. The Bertz CT molecular complexity index is 2830. The molecule has 0 aliphatic carbocycles. The fraction of sp³-hybridized carbons (Fsp3) is 0.104. The summed E-state index contributed by atoms with van der Waals surface area (Å²) < 4.78 is 10.4. The number of phenols is 3. The Morgan fingerprint density at radius 3 is 1.73 bits per heavy atom. The molecule has 0 spiro atoms. The average molecular weight is 895 g/mol. The van der Waals surface area contributed by atoms with Crippen LogP contribution in [0.4, 0.5) is 22.7 Å². The molecule has 1 atom stereocenters. The number of aromatic nitrogens is 1. The Morgan fingerprint density at radius 1 is 0.621 bits per heavy atom. The van der Waals surface area contributed by atoms with Crippen LogP contribution in [-0.4, -0.2) is 81.2 Å². The van der Waals surface area contributed by atoms with E-state index in [2.05, 4.69) is 31.6 Å². The van der Waals surface area contributed by atoms with E-state index < -0.39 is 52.7 Å². The maximum absolute atomic E-state index is 13.7. The van der Waals surface area contributed by atoms with Gasteiger partial charge in [0.25, 0.3) is 23.6 Å². The molecule has 0 aliphatic rings. The normalized spacial score (nSPS) is 11.3. The van der Waals surface area contributed by atoms with Gasteiger partial charge in [0.1, 0.15) is 17.4 Å². The van der Waals surface area contributed by atoms with Crippen molar-refractivity contribution in [3.63, 3.8) is 0 Å². The standard InChI is InChI=1S/C48H42N6O12/c1-26(24-27-7-17-33(55)18-8-27)43(58)50-30-13-9-29(10-14-30)45(60)54-38(25-32-6-4-5-23-49-32)47(62)51-31-15-11-28(12-16-31)44(59)52-36-21-19-34(39(56)41(36)65-2)46(61)53-37-22-20-35(48(63)64)40(57)42(37)66-3/h4-24,38,55-57H,25H2,1-3H3,(H,50,58)(H,51,62)(H,52,59)(H,53,61)(H,54,60)(H,63,64)/b26-24+/t38-/m0/s1. The molecule has 6 rings (SSSR count). The minimum Gasteiger partial charge on any atom is -0.508 e. The van der Waals surface area contributed by atoms with Gasteiger partial charge in [0.2, 0.25) is 5.91 Å². The van der Waals surface area contributed by atoms with Crippen LogP contribution in [0.1, 0.15) is 59.6 Å². The lowest BCUT2D eigenvalue weighted by Crippen LogP contribution is -2.45. The van der Waals surface area contributed by atoms with Crippen molar-refractivity contribution in [2.45, 2.75) is 19.4 Å². The van der Waals surface area contributed by atoms with Crippen LogP contribution < -0.4 is 36.1 Å². The van der Waals surface area contributed by atoms with Crippen molar-refractivity contribution in [1.29, 1.82) is 0 Å².